The normalized spacial score (nSPS) is 11.7. The Morgan fingerprint density at radius 2 is 1.72 bits per heavy atom. The molecule has 1 N–H and O–H groups in total. The van der Waals surface area contributed by atoms with Gasteiger partial charge in [-0.25, -0.2) is 18.2 Å². The van der Waals surface area contributed by atoms with E-state index in [0.717, 1.165) is 14.7 Å². The van der Waals surface area contributed by atoms with Crippen LogP contribution in [0.1, 0.15) is 12.0 Å². The van der Waals surface area contributed by atoms with Gasteiger partial charge in [0.2, 0.25) is 20.9 Å². The van der Waals surface area contributed by atoms with Crippen LogP contribution in [0.5, 0.6) is 0 Å². The monoisotopic (exact) mass is 419 g/mol. The van der Waals surface area contributed by atoms with Crippen molar-refractivity contribution in [2.45, 2.75) is 18.5 Å². The molecule has 2 aromatic heterocycles. The van der Waals surface area contributed by atoms with Crippen molar-refractivity contribution in [1.29, 1.82) is 0 Å². The van der Waals surface area contributed by atoms with E-state index in [9.17, 15) is 22.8 Å². The zero-order valence-corrected chi connectivity index (χ0v) is 17.3. The lowest BCUT2D eigenvalue weighted by molar-refractivity contribution is -0.115. The summed E-state index contributed by atoms with van der Waals surface area (Å²) in [5.41, 5.74) is 0.164. The van der Waals surface area contributed by atoms with Crippen LogP contribution in [0.15, 0.2) is 39.0 Å². The molecule has 0 saturated carbocycles. The lowest BCUT2D eigenvalue weighted by Crippen LogP contribution is -2.37. The predicted molar refractivity (Wildman–Crippen MR) is 108 cm³/mol. The number of carbonyl (C=O) groups excluding carboxylic acids is 1. The molecule has 0 atom stereocenters. The number of hydrogen-bond donors (Lipinski definition) is 1. The molecule has 3 aromatic rings. The molecule has 0 saturated heterocycles. The summed E-state index contributed by atoms with van der Waals surface area (Å²) in [5.74, 6) is -0.944. The first kappa shape index (κ1) is 20.5. The van der Waals surface area contributed by atoms with Gasteiger partial charge < -0.3 is 9.88 Å². The molecule has 0 aliphatic heterocycles. The Kier molecular flexibility index (Phi) is 5.18. The Morgan fingerprint density at radius 3 is 2.38 bits per heavy atom. The number of anilines is 1. The van der Waals surface area contributed by atoms with Crippen LogP contribution in [0.25, 0.3) is 11.2 Å². The first-order valence-electron chi connectivity index (χ1n) is 8.75. The van der Waals surface area contributed by atoms with Crippen molar-refractivity contribution < 1.29 is 13.2 Å². The van der Waals surface area contributed by atoms with E-state index in [0.29, 0.717) is 5.69 Å². The summed E-state index contributed by atoms with van der Waals surface area (Å²) < 4.78 is 28.8. The van der Waals surface area contributed by atoms with Gasteiger partial charge in [0.25, 0.3) is 5.56 Å². The molecule has 1 amide bonds. The van der Waals surface area contributed by atoms with E-state index in [-0.39, 0.29) is 22.7 Å². The summed E-state index contributed by atoms with van der Waals surface area (Å²) in [6.45, 7) is 1.83. The van der Waals surface area contributed by atoms with Gasteiger partial charge in [-0.15, -0.1) is 0 Å². The summed E-state index contributed by atoms with van der Waals surface area (Å²) in [4.78, 5) is 40.6. The largest absolute Gasteiger partial charge is 0.332 e. The van der Waals surface area contributed by atoms with Gasteiger partial charge in [-0.1, -0.05) is 18.2 Å². The Labute approximate surface area is 166 Å². The number of aromatic nitrogens is 4. The molecular formula is C18H21N5O5S. The molecule has 154 valence electrons. The average Bonchev–Trinajstić information content (AvgIpc) is 3.03. The number of carbonyl (C=O) groups is 1. The summed E-state index contributed by atoms with van der Waals surface area (Å²) >= 11 is 0. The quantitative estimate of drug-likeness (QED) is 0.624. The van der Waals surface area contributed by atoms with Crippen LogP contribution in [0.3, 0.4) is 0 Å². The molecule has 3 rings (SSSR count). The van der Waals surface area contributed by atoms with Gasteiger partial charge in [-0.3, -0.25) is 18.7 Å². The van der Waals surface area contributed by atoms with E-state index in [4.69, 9.17) is 0 Å². The molecule has 2 heterocycles. The second kappa shape index (κ2) is 7.32. The smallest absolute Gasteiger partial charge is 0.326 e. The topological polar surface area (TPSA) is 125 Å². The van der Waals surface area contributed by atoms with E-state index in [1.54, 1.807) is 12.1 Å². The zero-order valence-electron chi connectivity index (χ0n) is 16.5. The number of para-hydroxylation sites is 1. The van der Waals surface area contributed by atoms with Crippen LogP contribution in [-0.2, 0) is 35.8 Å². The molecule has 0 radical (unpaired) electrons. The number of imidazole rings is 1. The van der Waals surface area contributed by atoms with E-state index in [1.165, 1.54) is 25.7 Å². The Hall–Kier alpha value is -3.21. The molecule has 11 heteroatoms. The Balaban J connectivity index is 1.90. The number of rotatable bonds is 5. The second-order valence-electron chi connectivity index (χ2n) is 6.76. The minimum absolute atomic E-state index is 0.0982. The average molecular weight is 419 g/mol. The molecule has 0 bridgehead atoms. The summed E-state index contributed by atoms with van der Waals surface area (Å²) in [6.07, 6.45) is -0.281. The van der Waals surface area contributed by atoms with E-state index in [1.807, 2.05) is 19.1 Å². The lowest BCUT2D eigenvalue weighted by atomic mass is 10.2. The molecule has 29 heavy (non-hydrogen) atoms. The van der Waals surface area contributed by atoms with E-state index in [2.05, 4.69) is 10.3 Å². The fourth-order valence-electron chi connectivity index (χ4n) is 3.08. The number of amides is 1. The number of benzene rings is 1. The third-order valence-corrected chi connectivity index (χ3v) is 6.38. The number of nitrogens with zero attached hydrogens (tertiary/aromatic N) is 4. The minimum Gasteiger partial charge on any atom is -0.326 e. The van der Waals surface area contributed by atoms with Crippen LogP contribution in [-0.4, -0.2) is 38.8 Å². The van der Waals surface area contributed by atoms with Crippen molar-refractivity contribution >= 4 is 32.6 Å². The summed E-state index contributed by atoms with van der Waals surface area (Å²) in [6, 6.07) is 7.16. The van der Waals surface area contributed by atoms with E-state index < -0.39 is 32.7 Å². The number of fused-ring (bicyclic) bond motifs is 1. The number of nitrogens with one attached hydrogen (secondary N) is 1. The highest BCUT2D eigenvalue weighted by molar-refractivity contribution is 7.91. The number of sulfone groups is 1. The fourth-order valence-corrected chi connectivity index (χ4v) is 4.45. The molecule has 10 nitrogen and oxygen atoms in total. The van der Waals surface area contributed by atoms with Gasteiger partial charge in [-0.2, -0.15) is 0 Å². The van der Waals surface area contributed by atoms with Crippen LogP contribution in [0, 0.1) is 6.92 Å². The maximum Gasteiger partial charge on any atom is 0.332 e. The van der Waals surface area contributed by atoms with Crippen molar-refractivity contribution in [3.63, 3.8) is 0 Å². The summed E-state index contributed by atoms with van der Waals surface area (Å²) in [7, 11) is 0.152. The molecule has 0 spiro atoms. The minimum atomic E-state index is -3.98. The number of aryl methyl sites for hydroxylation is 3. The first-order valence-corrected chi connectivity index (χ1v) is 10.4. The third-order valence-electron chi connectivity index (χ3n) is 4.72. The SMILES string of the molecule is Cc1ccccc1NC(=O)CCS(=O)(=O)c1nc2c(=O)n(C)c(=O)n(C)c2n1C. The highest BCUT2D eigenvalue weighted by Crippen LogP contribution is 2.17. The van der Waals surface area contributed by atoms with E-state index >= 15 is 0 Å². The van der Waals surface area contributed by atoms with Crippen molar-refractivity contribution in [2.24, 2.45) is 21.1 Å². The highest BCUT2D eigenvalue weighted by Gasteiger charge is 2.26. The molecule has 0 unspecified atom stereocenters. The van der Waals surface area contributed by atoms with Crippen LogP contribution in [0.2, 0.25) is 0 Å². The van der Waals surface area contributed by atoms with Gasteiger partial charge in [0.15, 0.2) is 11.2 Å². The fraction of sp³-hybridized carbons (Fsp3) is 0.333. The zero-order chi connectivity index (χ0) is 21.5. The molecule has 0 fully saturated rings. The number of hydrogen-bond acceptors (Lipinski definition) is 6. The predicted octanol–water partition coefficient (Wildman–Crippen LogP) is 0.0816. The van der Waals surface area contributed by atoms with Gasteiger partial charge in [0, 0.05) is 33.3 Å². The highest BCUT2D eigenvalue weighted by atomic mass is 32.2. The van der Waals surface area contributed by atoms with Gasteiger partial charge in [0.05, 0.1) is 5.75 Å². The molecule has 1 aromatic carbocycles. The van der Waals surface area contributed by atoms with Crippen molar-refractivity contribution in [1.82, 2.24) is 18.7 Å². The Morgan fingerprint density at radius 1 is 1.07 bits per heavy atom. The third kappa shape index (κ3) is 3.60. The summed E-state index contributed by atoms with van der Waals surface area (Å²) in [5, 5.41) is 2.31. The molecular weight excluding hydrogens is 398 g/mol. The molecule has 0 aliphatic carbocycles. The van der Waals surface area contributed by atoms with Crippen molar-refractivity contribution in [3.8, 4) is 0 Å². The second-order valence-corrected chi connectivity index (χ2v) is 8.77. The van der Waals surface area contributed by atoms with Gasteiger partial charge in [0.1, 0.15) is 0 Å². The maximum absolute atomic E-state index is 12.8. The van der Waals surface area contributed by atoms with Crippen molar-refractivity contribution in [2.75, 3.05) is 11.1 Å². The van der Waals surface area contributed by atoms with Crippen molar-refractivity contribution in [3.05, 3.63) is 50.7 Å². The van der Waals surface area contributed by atoms with Crippen LogP contribution in [0.4, 0.5) is 5.69 Å². The molecule has 0 aliphatic rings. The van der Waals surface area contributed by atoms with Crippen LogP contribution >= 0.6 is 0 Å². The van der Waals surface area contributed by atoms with Crippen LogP contribution < -0.4 is 16.6 Å². The standard InChI is InChI=1S/C18H21N5O5S/c1-11-7-5-6-8-12(11)19-13(24)9-10-29(27,28)17-20-14-15(21(17)2)22(3)18(26)23(4)16(14)25/h5-8H,9-10H2,1-4H3,(H,19,24). The lowest BCUT2D eigenvalue weighted by Gasteiger charge is -2.09. The van der Waals surface area contributed by atoms with Gasteiger partial charge >= 0.3 is 5.69 Å². The van der Waals surface area contributed by atoms with Gasteiger partial charge in [-0.05, 0) is 18.6 Å². The first-order chi connectivity index (χ1) is 13.5. The maximum atomic E-state index is 12.8. The Bertz CT molecular complexity index is 1350.